The van der Waals surface area contributed by atoms with Crippen LogP contribution in [0.15, 0.2) is 39.3 Å². The molecule has 9 heteroatoms. The molecule has 0 aliphatic carbocycles. The number of ether oxygens (including phenoxy) is 2. The van der Waals surface area contributed by atoms with Gasteiger partial charge in [0.05, 0.1) is 20.3 Å². The zero-order valence-electron chi connectivity index (χ0n) is 16.9. The predicted molar refractivity (Wildman–Crippen MR) is 124 cm³/mol. The van der Waals surface area contributed by atoms with Crippen molar-refractivity contribution in [1.82, 2.24) is 0 Å². The molecule has 162 valence electrons. The first kappa shape index (κ1) is 24.0. The van der Waals surface area contributed by atoms with Crippen molar-refractivity contribution >= 4 is 55.1 Å². The van der Waals surface area contributed by atoms with Crippen LogP contribution in [0.25, 0.3) is 0 Å². The number of anilines is 2. The van der Waals surface area contributed by atoms with Crippen LogP contribution < -0.4 is 20.1 Å². The van der Waals surface area contributed by atoms with E-state index < -0.39 is 12.6 Å². The molecule has 0 unspecified atom stereocenters. The standard InChI is InChI=1S/C21H24Br2N2O5/c1-4-24-18-10-13(5-6-17(18)25-19(26)7-12(2)3)30-21-15(22)8-14(9-16(21)23)29-11-20(27)28/h5-6,8-10,12,24H,4,7,11H2,1-3H3,(H,25,26)(H,27,28). The smallest absolute Gasteiger partial charge is 0.341 e. The third kappa shape index (κ3) is 7.21. The van der Waals surface area contributed by atoms with Crippen molar-refractivity contribution in [2.75, 3.05) is 23.8 Å². The van der Waals surface area contributed by atoms with Crippen LogP contribution in [0.2, 0.25) is 0 Å². The van der Waals surface area contributed by atoms with Gasteiger partial charge in [0.1, 0.15) is 11.5 Å². The van der Waals surface area contributed by atoms with Gasteiger partial charge in [0.15, 0.2) is 12.4 Å². The van der Waals surface area contributed by atoms with E-state index >= 15 is 0 Å². The van der Waals surface area contributed by atoms with E-state index in [1.807, 2.05) is 26.8 Å². The van der Waals surface area contributed by atoms with Gasteiger partial charge >= 0.3 is 5.97 Å². The van der Waals surface area contributed by atoms with Gasteiger partial charge in [-0.05, 0) is 69.0 Å². The Bertz CT molecular complexity index is 895. The van der Waals surface area contributed by atoms with E-state index in [0.29, 0.717) is 44.8 Å². The lowest BCUT2D eigenvalue weighted by Gasteiger charge is -2.16. The average Bonchev–Trinajstić information content (AvgIpc) is 2.64. The Morgan fingerprint density at radius 1 is 1.07 bits per heavy atom. The number of carboxylic acids is 1. The first-order valence-corrected chi connectivity index (χ1v) is 11.0. The van der Waals surface area contributed by atoms with Crippen LogP contribution in [-0.2, 0) is 9.59 Å². The Morgan fingerprint density at radius 3 is 2.30 bits per heavy atom. The van der Waals surface area contributed by atoms with Crippen molar-refractivity contribution in [2.24, 2.45) is 5.92 Å². The summed E-state index contributed by atoms with van der Waals surface area (Å²) in [6.07, 6.45) is 0.444. The van der Waals surface area contributed by atoms with E-state index in [-0.39, 0.29) is 11.8 Å². The largest absolute Gasteiger partial charge is 0.482 e. The fourth-order valence-corrected chi connectivity index (χ4v) is 3.89. The summed E-state index contributed by atoms with van der Waals surface area (Å²) in [4.78, 5) is 22.8. The molecule has 0 aliphatic heterocycles. The molecule has 0 aliphatic rings. The molecule has 30 heavy (non-hydrogen) atoms. The molecule has 0 aromatic heterocycles. The molecular weight excluding hydrogens is 520 g/mol. The summed E-state index contributed by atoms with van der Waals surface area (Å²) in [7, 11) is 0. The number of hydrogen-bond acceptors (Lipinski definition) is 5. The van der Waals surface area contributed by atoms with Gasteiger partial charge in [0, 0.05) is 19.0 Å². The molecule has 3 N–H and O–H groups in total. The quantitative estimate of drug-likeness (QED) is 0.346. The number of nitrogens with one attached hydrogen (secondary N) is 2. The minimum atomic E-state index is -1.06. The number of hydrogen-bond donors (Lipinski definition) is 3. The third-order valence-electron chi connectivity index (χ3n) is 3.78. The van der Waals surface area contributed by atoms with Crippen LogP contribution in [0.1, 0.15) is 27.2 Å². The van der Waals surface area contributed by atoms with Gasteiger partial charge in [0.2, 0.25) is 5.91 Å². The molecule has 0 atom stereocenters. The average molecular weight is 544 g/mol. The van der Waals surface area contributed by atoms with Crippen LogP contribution in [0.3, 0.4) is 0 Å². The minimum absolute atomic E-state index is 0.0414. The maximum Gasteiger partial charge on any atom is 0.341 e. The van der Waals surface area contributed by atoms with Crippen molar-refractivity contribution in [3.63, 3.8) is 0 Å². The van der Waals surface area contributed by atoms with Gasteiger partial charge in [-0.3, -0.25) is 4.79 Å². The summed E-state index contributed by atoms with van der Waals surface area (Å²) in [5.41, 5.74) is 1.44. The van der Waals surface area contributed by atoms with E-state index in [9.17, 15) is 9.59 Å². The van der Waals surface area contributed by atoms with Crippen LogP contribution >= 0.6 is 31.9 Å². The highest BCUT2D eigenvalue weighted by Crippen LogP contribution is 2.41. The number of carboxylic acid groups (broad SMARTS) is 1. The summed E-state index contributed by atoms with van der Waals surface area (Å²) in [5.74, 6) is 0.636. The van der Waals surface area contributed by atoms with Crippen molar-refractivity contribution in [3.05, 3.63) is 39.3 Å². The van der Waals surface area contributed by atoms with Crippen molar-refractivity contribution in [3.8, 4) is 17.2 Å². The highest BCUT2D eigenvalue weighted by molar-refractivity contribution is 9.11. The zero-order valence-corrected chi connectivity index (χ0v) is 20.1. The van der Waals surface area contributed by atoms with Crippen molar-refractivity contribution in [2.45, 2.75) is 27.2 Å². The Morgan fingerprint density at radius 2 is 1.73 bits per heavy atom. The van der Waals surface area contributed by atoms with Gasteiger partial charge in [-0.2, -0.15) is 0 Å². The molecule has 7 nitrogen and oxygen atoms in total. The summed E-state index contributed by atoms with van der Waals surface area (Å²) < 4.78 is 12.4. The van der Waals surface area contributed by atoms with Crippen molar-refractivity contribution in [1.29, 1.82) is 0 Å². The molecular formula is C21H24Br2N2O5. The Hall–Kier alpha value is -2.26. The van der Waals surface area contributed by atoms with Gasteiger partial charge in [0.25, 0.3) is 0 Å². The Labute approximate surface area is 192 Å². The van der Waals surface area contributed by atoms with Crippen LogP contribution in [-0.4, -0.2) is 30.1 Å². The lowest BCUT2D eigenvalue weighted by molar-refractivity contribution is -0.139. The molecule has 0 radical (unpaired) electrons. The topological polar surface area (TPSA) is 96.9 Å². The molecule has 1 amide bonds. The third-order valence-corrected chi connectivity index (χ3v) is 4.96. The Kier molecular flexibility index (Phi) is 8.98. The van der Waals surface area contributed by atoms with E-state index in [4.69, 9.17) is 14.6 Å². The Balaban J connectivity index is 2.22. The number of aliphatic carboxylic acids is 1. The fourth-order valence-electron chi connectivity index (χ4n) is 2.58. The predicted octanol–water partition coefficient (Wildman–Crippen LogP) is 5.88. The van der Waals surface area contributed by atoms with Crippen LogP contribution in [0.4, 0.5) is 11.4 Å². The number of carbonyl (C=O) groups excluding carboxylic acids is 1. The van der Waals surface area contributed by atoms with Gasteiger partial charge < -0.3 is 25.2 Å². The first-order valence-electron chi connectivity index (χ1n) is 9.38. The zero-order chi connectivity index (χ0) is 22.3. The van der Waals surface area contributed by atoms with E-state index in [1.165, 1.54) is 0 Å². The maximum atomic E-state index is 12.1. The lowest BCUT2D eigenvalue weighted by Crippen LogP contribution is -2.15. The van der Waals surface area contributed by atoms with E-state index in [2.05, 4.69) is 42.5 Å². The number of amides is 1. The van der Waals surface area contributed by atoms with E-state index in [1.54, 1.807) is 24.3 Å². The monoisotopic (exact) mass is 542 g/mol. The molecule has 2 aromatic rings. The number of rotatable bonds is 10. The number of carbonyl (C=O) groups is 2. The molecule has 0 saturated heterocycles. The summed E-state index contributed by atoms with van der Waals surface area (Å²) in [6.45, 7) is 6.20. The van der Waals surface area contributed by atoms with Gasteiger partial charge in [-0.15, -0.1) is 0 Å². The van der Waals surface area contributed by atoms with Crippen molar-refractivity contribution < 1.29 is 24.2 Å². The van der Waals surface area contributed by atoms with Crippen LogP contribution in [0, 0.1) is 5.92 Å². The second kappa shape index (κ2) is 11.2. The molecule has 0 saturated carbocycles. The SMILES string of the molecule is CCNc1cc(Oc2c(Br)cc(OCC(=O)O)cc2Br)ccc1NC(=O)CC(C)C. The number of benzene rings is 2. The first-order chi connectivity index (χ1) is 14.2. The van der Waals surface area contributed by atoms with E-state index in [0.717, 1.165) is 5.69 Å². The second-order valence-electron chi connectivity index (χ2n) is 6.88. The molecule has 2 aromatic carbocycles. The van der Waals surface area contributed by atoms with Gasteiger partial charge in [-0.1, -0.05) is 13.8 Å². The molecule has 0 heterocycles. The lowest BCUT2D eigenvalue weighted by atomic mass is 10.1. The number of halogens is 2. The minimum Gasteiger partial charge on any atom is -0.482 e. The maximum absolute atomic E-state index is 12.1. The summed E-state index contributed by atoms with van der Waals surface area (Å²) >= 11 is 6.85. The van der Waals surface area contributed by atoms with Crippen LogP contribution in [0.5, 0.6) is 17.2 Å². The summed E-state index contributed by atoms with van der Waals surface area (Å²) in [6, 6.07) is 8.63. The molecule has 2 rings (SSSR count). The highest BCUT2D eigenvalue weighted by atomic mass is 79.9. The van der Waals surface area contributed by atoms with Gasteiger partial charge in [-0.25, -0.2) is 4.79 Å². The normalized spacial score (nSPS) is 10.6. The highest BCUT2D eigenvalue weighted by Gasteiger charge is 2.14. The summed E-state index contributed by atoms with van der Waals surface area (Å²) in [5, 5.41) is 14.9. The fraction of sp³-hybridized carbons (Fsp3) is 0.333. The molecule has 0 spiro atoms. The molecule has 0 fully saturated rings. The second-order valence-corrected chi connectivity index (χ2v) is 8.59. The molecule has 0 bridgehead atoms.